The average molecular weight is 851 g/mol. The second-order valence-electron chi connectivity index (χ2n) is 15.9. The molecule has 2 aliphatic heterocycles. The van der Waals surface area contributed by atoms with E-state index in [-0.39, 0.29) is 22.3 Å². The van der Waals surface area contributed by atoms with Crippen molar-refractivity contribution in [2.45, 2.75) is 55.4 Å². The van der Waals surface area contributed by atoms with E-state index >= 15 is 0 Å². The van der Waals surface area contributed by atoms with Gasteiger partial charge in [-0.3, -0.25) is 29.2 Å². The van der Waals surface area contributed by atoms with Gasteiger partial charge in [0.05, 0.1) is 55.6 Å². The summed E-state index contributed by atoms with van der Waals surface area (Å²) in [5.74, 6) is -2.10. The Labute approximate surface area is 364 Å². The van der Waals surface area contributed by atoms with Gasteiger partial charge in [-0.1, -0.05) is 24.3 Å². The van der Waals surface area contributed by atoms with Crippen LogP contribution in [0.3, 0.4) is 0 Å². The molecule has 4 heterocycles. The normalized spacial score (nSPS) is 14.1. The number of amides is 4. The molecular weight excluding hydrogens is 813 g/mol. The van der Waals surface area contributed by atoms with Crippen molar-refractivity contribution in [3.8, 4) is 0 Å². The van der Waals surface area contributed by atoms with Gasteiger partial charge in [0, 0.05) is 33.0 Å². The van der Waals surface area contributed by atoms with Crippen LogP contribution in [-0.4, -0.2) is 46.0 Å². The van der Waals surface area contributed by atoms with Gasteiger partial charge in [-0.25, -0.2) is 19.8 Å². The zero-order valence-electron chi connectivity index (χ0n) is 35.2. The van der Waals surface area contributed by atoms with E-state index in [0.717, 1.165) is 86.3 Å². The van der Waals surface area contributed by atoms with Crippen LogP contribution in [-0.2, 0) is 0 Å². The summed E-state index contributed by atoms with van der Waals surface area (Å²) < 4.78 is 2.14. The number of hydrogen-bond acceptors (Lipinski definition) is 10. The van der Waals surface area contributed by atoms with Crippen molar-refractivity contribution in [2.24, 2.45) is 9.98 Å². The SMILES string of the molecule is Cc1c(C)c(N2C(=O)c3ccc4c5c(ccc(c35)C2=O)C(=O)N(c2c(C)c(C)c(N=Cc3nc5ccccc5s3)c(C)c2C)C4=O)c(C)c(C)c1N=Cc1nc2ccccc2s1. The first kappa shape index (κ1) is 39.1. The Morgan fingerprint density at radius 1 is 0.435 bits per heavy atom. The molecule has 10 rings (SSSR count). The number of imide groups is 2. The van der Waals surface area contributed by atoms with Crippen LogP contribution < -0.4 is 9.80 Å². The summed E-state index contributed by atoms with van der Waals surface area (Å²) in [5.41, 5.74) is 11.6. The zero-order valence-corrected chi connectivity index (χ0v) is 36.8. The number of benzene rings is 6. The summed E-state index contributed by atoms with van der Waals surface area (Å²) in [4.78, 5) is 80.2. The summed E-state index contributed by atoms with van der Waals surface area (Å²) in [6.45, 7) is 15.3. The van der Waals surface area contributed by atoms with Crippen LogP contribution in [0.2, 0.25) is 0 Å². The molecule has 2 aliphatic rings. The van der Waals surface area contributed by atoms with Crippen LogP contribution in [0.25, 0.3) is 31.2 Å². The van der Waals surface area contributed by atoms with Crippen LogP contribution in [0.5, 0.6) is 0 Å². The molecule has 4 amide bonds. The number of nitrogens with zero attached hydrogens (tertiary/aromatic N) is 6. The first-order valence-electron chi connectivity index (χ1n) is 20.1. The quantitative estimate of drug-likeness (QED) is 0.121. The van der Waals surface area contributed by atoms with Gasteiger partial charge >= 0.3 is 0 Å². The number of fused-ring (bicyclic) bond motifs is 2. The standard InChI is InChI=1S/C50H38N6O4S2/c1-23-27(5)45(28(6)24(2)43(23)51-21-39-53-35-13-9-11-15-37(35)61-39)55-47(57)31-17-19-33-42-34(20-18-32(41(31)42)48(55)58)50(60)56(49(33)59)46-29(7)25(3)44(26(4)30(46)8)52-22-40-54-36-14-10-12-16-38(36)62-40/h9-22H,1-8H3. The highest BCUT2D eigenvalue weighted by Crippen LogP contribution is 2.46. The monoisotopic (exact) mass is 850 g/mol. The highest BCUT2D eigenvalue weighted by molar-refractivity contribution is 7.20. The summed E-state index contributed by atoms with van der Waals surface area (Å²) in [5, 5.41) is 2.18. The first-order chi connectivity index (χ1) is 29.8. The fraction of sp³-hybridized carbons (Fsp3) is 0.160. The van der Waals surface area contributed by atoms with Gasteiger partial charge in [-0.05, 0) is 148 Å². The van der Waals surface area contributed by atoms with Gasteiger partial charge in [-0.2, -0.15) is 0 Å². The van der Waals surface area contributed by atoms with Gasteiger partial charge in [0.25, 0.3) is 23.6 Å². The Hall–Kier alpha value is -7.02. The Balaban J connectivity index is 1.01. The minimum atomic E-state index is -0.524. The lowest BCUT2D eigenvalue weighted by atomic mass is 9.84. The van der Waals surface area contributed by atoms with Crippen molar-refractivity contribution in [2.75, 3.05) is 9.80 Å². The molecule has 0 N–H and O–H groups in total. The van der Waals surface area contributed by atoms with Gasteiger partial charge in [0.2, 0.25) is 0 Å². The van der Waals surface area contributed by atoms with E-state index in [1.165, 1.54) is 9.80 Å². The summed E-state index contributed by atoms with van der Waals surface area (Å²) in [6.07, 6.45) is 3.52. The van der Waals surface area contributed by atoms with E-state index in [0.29, 0.717) is 22.1 Å². The molecule has 0 spiro atoms. The third kappa shape index (κ3) is 5.66. The lowest BCUT2D eigenvalue weighted by molar-refractivity contribution is 0.0872. The molecule has 304 valence electrons. The van der Waals surface area contributed by atoms with Crippen LogP contribution in [0.15, 0.2) is 82.8 Å². The number of anilines is 2. The molecule has 0 fully saturated rings. The molecule has 0 aliphatic carbocycles. The number of aromatic nitrogens is 2. The topological polar surface area (TPSA) is 125 Å². The lowest BCUT2D eigenvalue weighted by Crippen LogP contribution is -2.44. The number of para-hydroxylation sites is 2. The van der Waals surface area contributed by atoms with Crippen molar-refractivity contribution in [3.05, 3.63) is 150 Å². The molecule has 0 atom stereocenters. The molecule has 8 aromatic rings. The number of hydrogen-bond donors (Lipinski definition) is 0. The predicted octanol–water partition coefficient (Wildman–Crippen LogP) is 11.6. The molecule has 0 bridgehead atoms. The molecule has 10 nitrogen and oxygen atoms in total. The number of rotatable bonds is 6. The molecule has 0 radical (unpaired) electrons. The van der Waals surface area contributed by atoms with Crippen molar-refractivity contribution < 1.29 is 19.2 Å². The lowest BCUT2D eigenvalue weighted by Gasteiger charge is -2.34. The third-order valence-corrected chi connectivity index (χ3v) is 14.6. The molecule has 0 saturated carbocycles. The number of carbonyl (C=O) groups is 4. The minimum absolute atomic E-state index is 0.246. The smallest absolute Gasteiger partial charge is 0.266 e. The van der Waals surface area contributed by atoms with Crippen molar-refractivity contribution >= 4 is 113 Å². The van der Waals surface area contributed by atoms with Crippen LogP contribution in [0, 0.1) is 55.4 Å². The van der Waals surface area contributed by atoms with E-state index in [1.807, 2.05) is 104 Å². The first-order valence-corrected chi connectivity index (χ1v) is 21.8. The minimum Gasteiger partial charge on any atom is -0.268 e. The largest absolute Gasteiger partial charge is 0.268 e. The molecule has 12 heteroatoms. The van der Waals surface area contributed by atoms with Crippen LogP contribution in [0.1, 0.15) is 96.0 Å². The van der Waals surface area contributed by atoms with Gasteiger partial charge in [0.1, 0.15) is 10.0 Å². The second-order valence-corrected chi connectivity index (χ2v) is 18.0. The fourth-order valence-corrected chi connectivity index (χ4v) is 10.7. The Kier molecular flexibility index (Phi) is 9.02. The number of aliphatic imine (C=N–C) groups is 2. The zero-order chi connectivity index (χ0) is 43.5. The van der Waals surface area contributed by atoms with E-state index in [4.69, 9.17) is 20.0 Å². The van der Waals surface area contributed by atoms with Gasteiger partial charge in [0.15, 0.2) is 0 Å². The maximum atomic E-state index is 14.7. The highest BCUT2D eigenvalue weighted by atomic mass is 32.1. The Morgan fingerprint density at radius 3 is 1.05 bits per heavy atom. The van der Waals surface area contributed by atoms with Crippen molar-refractivity contribution in [1.82, 2.24) is 9.97 Å². The molecule has 6 aromatic carbocycles. The van der Waals surface area contributed by atoms with E-state index in [1.54, 1.807) is 59.4 Å². The van der Waals surface area contributed by atoms with Crippen LogP contribution in [0.4, 0.5) is 22.7 Å². The van der Waals surface area contributed by atoms with Gasteiger partial charge in [-0.15, -0.1) is 22.7 Å². The molecular formula is C50H38N6O4S2. The maximum Gasteiger partial charge on any atom is 0.266 e. The predicted molar refractivity (Wildman–Crippen MR) is 251 cm³/mol. The maximum absolute atomic E-state index is 14.7. The van der Waals surface area contributed by atoms with E-state index in [9.17, 15) is 19.2 Å². The second kappa shape index (κ2) is 14.3. The Morgan fingerprint density at radius 2 is 0.742 bits per heavy atom. The fourth-order valence-electron chi connectivity index (χ4n) is 9.01. The molecule has 0 saturated heterocycles. The average Bonchev–Trinajstić information content (AvgIpc) is 3.89. The van der Waals surface area contributed by atoms with Crippen LogP contribution >= 0.6 is 22.7 Å². The molecule has 2 aromatic heterocycles. The Bertz CT molecular complexity index is 3030. The highest BCUT2D eigenvalue weighted by Gasteiger charge is 2.42. The van der Waals surface area contributed by atoms with Gasteiger partial charge < -0.3 is 0 Å². The number of carbonyl (C=O) groups excluding carboxylic acids is 4. The summed E-state index contributed by atoms with van der Waals surface area (Å²) in [6, 6.07) is 22.3. The number of thiazole rings is 2. The van der Waals surface area contributed by atoms with Crippen molar-refractivity contribution in [3.63, 3.8) is 0 Å². The molecule has 0 unspecified atom stereocenters. The van der Waals surface area contributed by atoms with Crippen molar-refractivity contribution in [1.29, 1.82) is 0 Å². The van der Waals surface area contributed by atoms with E-state index < -0.39 is 23.6 Å². The summed E-state index contributed by atoms with van der Waals surface area (Å²) >= 11 is 3.11. The molecule has 62 heavy (non-hydrogen) atoms. The third-order valence-electron chi connectivity index (χ3n) is 12.7. The summed E-state index contributed by atoms with van der Waals surface area (Å²) in [7, 11) is 0. The van der Waals surface area contributed by atoms with E-state index in [2.05, 4.69) is 0 Å².